The van der Waals surface area contributed by atoms with Crippen LogP contribution in [0.25, 0.3) is 0 Å². The van der Waals surface area contributed by atoms with Crippen LogP contribution in [0.1, 0.15) is 12.8 Å². The molecule has 0 amide bonds. The summed E-state index contributed by atoms with van der Waals surface area (Å²) in [5.41, 5.74) is 0. The third-order valence-electron chi connectivity index (χ3n) is 1.61. The number of hydrogen-bond donors (Lipinski definition) is 1. The van der Waals surface area contributed by atoms with E-state index in [0.29, 0.717) is 0 Å². The maximum atomic E-state index is 8.95. The summed E-state index contributed by atoms with van der Waals surface area (Å²) in [6.07, 6.45) is 5.11. The lowest BCUT2D eigenvalue weighted by atomic mass is 10.3. The highest BCUT2D eigenvalue weighted by atomic mass is 16.5. The van der Waals surface area contributed by atoms with Crippen molar-refractivity contribution < 1.29 is 9.84 Å². The summed E-state index contributed by atoms with van der Waals surface area (Å²) in [5, 5.41) is 12.9. The number of unbranched alkanes of at least 4 members (excludes halogenated alkanes) is 1. The van der Waals surface area contributed by atoms with Crippen molar-refractivity contribution in [3.63, 3.8) is 0 Å². The molecule has 0 aliphatic rings. The highest BCUT2D eigenvalue weighted by Gasteiger charge is 1.94. The predicted octanol–water partition coefficient (Wildman–Crippen LogP) is 1.02. The first kappa shape index (κ1) is 9.06. The summed E-state index contributed by atoms with van der Waals surface area (Å²) in [6.45, 7) is 1.62. The van der Waals surface area contributed by atoms with Gasteiger partial charge >= 0.3 is 0 Å². The largest absolute Gasteiger partial charge is 0.505 e. The van der Waals surface area contributed by atoms with Gasteiger partial charge in [0.2, 0.25) is 0 Å². The van der Waals surface area contributed by atoms with Crippen LogP contribution in [0.3, 0.4) is 0 Å². The Bertz CT molecular complexity index is 223. The number of aromatic nitrogens is 2. The Morgan fingerprint density at radius 3 is 3.00 bits per heavy atom. The van der Waals surface area contributed by atoms with Crippen molar-refractivity contribution in [3.05, 3.63) is 12.4 Å². The van der Waals surface area contributed by atoms with E-state index in [2.05, 4.69) is 5.10 Å². The summed E-state index contributed by atoms with van der Waals surface area (Å²) in [7, 11) is 1.69. The van der Waals surface area contributed by atoms with Crippen LogP contribution >= 0.6 is 0 Å². The van der Waals surface area contributed by atoms with Crippen LogP contribution in [-0.4, -0.2) is 28.6 Å². The van der Waals surface area contributed by atoms with Gasteiger partial charge < -0.3 is 9.84 Å². The molecule has 0 unspecified atom stereocenters. The Kier molecular flexibility index (Phi) is 3.60. The van der Waals surface area contributed by atoms with Crippen LogP contribution in [0, 0.1) is 0 Å². The first-order valence-electron chi connectivity index (χ1n) is 4.03. The average Bonchev–Trinajstić information content (AvgIpc) is 2.45. The zero-order chi connectivity index (χ0) is 8.81. The number of aromatic hydroxyl groups is 1. The minimum atomic E-state index is 0.224. The highest BCUT2D eigenvalue weighted by Crippen LogP contribution is 2.05. The molecule has 0 atom stereocenters. The topological polar surface area (TPSA) is 47.3 Å². The van der Waals surface area contributed by atoms with Crippen molar-refractivity contribution in [2.75, 3.05) is 13.7 Å². The molecule has 0 spiro atoms. The average molecular weight is 170 g/mol. The molecule has 1 heterocycles. The Hall–Kier alpha value is -1.03. The molecule has 0 aliphatic carbocycles. The summed E-state index contributed by atoms with van der Waals surface area (Å²) >= 11 is 0. The lowest BCUT2D eigenvalue weighted by molar-refractivity contribution is 0.191. The summed E-state index contributed by atoms with van der Waals surface area (Å²) < 4.78 is 6.63. The second-order valence-electron chi connectivity index (χ2n) is 2.66. The molecule has 1 N–H and O–H groups in total. The van der Waals surface area contributed by atoms with E-state index in [1.807, 2.05) is 0 Å². The van der Waals surface area contributed by atoms with E-state index in [4.69, 9.17) is 9.84 Å². The zero-order valence-electron chi connectivity index (χ0n) is 7.23. The van der Waals surface area contributed by atoms with Crippen LogP contribution in [0.15, 0.2) is 12.4 Å². The molecule has 0 radical (unpaired) electrons. The summed E-state index contributed by atoms with van der Waals surface area (Å²) in [5.74, 6) is 0.224. The van der Waals surface area contributed by atoms with Crippen molar-refractivity contribution in [2.24, 2.45) is 0 Å². The highest BCUT2D eigenvalue weighted by molar-refractivity contribution is 5.08. The van der Waals surface area contributed by atoms with Gasteiger partial charge in [0, 0.05) is 20.3 Å². The maximum absolute atomic E-state index is 8.95. The van der Waals surface area contributed by atoms with Gasteiger partial charge in [-0.15, -0.1) is 0 Å². The lowest BCUT2D eigenvalue weighted by Crippen LogP contribution is -1.99. The first-order valence-corrected chi connectivity index (χ1v) is 4.03. The smallest absolute Gasteiger partial charge is 0.153 e. The monoisotopic (exact) mass is 170 g/mol. The van der Waals surface area contributed by atoms with Gasteiger partial charge in [-0.1, -0.05) is 0 Å². The van der Waals surface area contributed by atoms with Gasteiger partial charge in [0.15, 0.2) is 5.75 Å². The molecule has 1 rings (SSSR count). The summed E-state index contributed by atoms with van der Waals surface area (Å²) in [6, 6.07) is 0. The number of ether oxygens (including phenoxy) is 1. The molecule has 4 nitrogen and oxygen atoms in total. The minimum absolute atomic E-state index is 0.224. The molecule has 4 heteroatoms. The Morgan fingerprint density at radius 1 is 1.58 bits per heavy atom. The van der Waals surface area contributed by atoms with Gasteiger partial charge in [-0.25, -0.2) is 0 Å². The fraction of sp³-hybridized carbons (Fsp3) is 0.625. The number of hydrogen-bond acceptors (Lipinski definition) is 3. The number of methoxy groups -OCH3 is 1. The Labute approximate surface area is 71.8 Å². The quantitative estimate of drug-likeness (QED) is 0.671. The van der Waals surface area contributed by atoms with E-state index >= 15 is 0 Å². The molecular formula is C8H14N2O2. The second-order valence-corrected chi connectivity index (χ2v) is 2.66. The lowest BCUT2D eigenvalue weighted by Gasteiger charge is -1.99. The molecule has 0 aromatic carbocycles. The third-order valence-corrected chi connectivity index (χ3v) is 1.61. The number of aryl methyl sites for hydroxylation is 1. The molecule has 0 bridgehead atoms. The van der Waals surface area contributed by atoms with Gasteiger partial charge in [0.25, 0.3) is 0 Å². The minimum Gasteiger partial charge on any atom is -0.505 e. The van der Waals surface area contributed by atoms with Crippen molar-refractivity contribution in [3.8, 4) is 5.75 Å². The van der Waals surface area contributed by atoms with E-state index in [0.717, 1.165) is 26.0 Å². The Balaban J connectivity index is 2.15. The number of nitrogens with zero attached hydrogens (tertiary/aromatic N) is 2. The molecule has 0 fully saturated rings. The van der Waals surface area contributed by atoms with Gasteiger partial charge in [-0.05, 0) is 12.8 Å². The van der Waals surface area contributed by atoms with Crippen molar-refractivity contribution in [1.82, 2.24) is 9.78 Å². The van der Waals surface area contributed by atoms with Crippen molar-refractivity contribution in [1.29, 1.82) is 0 Å². The van der Waals surface area contributed by atoms with Crippen LogP contribution in [0.2, 0.25) is 0 Å². The molecule has 1 aromatic heterocycles. The van der Waals surface area contributed by atoms with E-state index in [-0.39, 0.29) is 5.75 Å². The van der Waals surface area contributed by atoms with Crippen LogP contribution in [0.4, 0.5) is 0 Å². The van der Waals surface area contributed by atoms with Crippen LogP contribution in [-0.2, 0) is 11.3 Å². The van der Waals surface area contributed by atoms with Crippen molar-refractivity contribution >= 4 is 0 Å². The van der Waals surface area contributed by atoms with Crippen LogP contribution in [0.5, 0.6) is 5.75 Å². The fourth-order valence-corrected chi connectivity index (χ4v) is 0.995. The first-order chi connectivity index (χ1) is 5.83. The van der Waals surface area contributed by atoms with Gasteiger partial charge in [0.05, 0.1) is 12.4 Å². The summed E-state index contributed by atoms with van der Waals surface area (Å²) in [4.78, 5) is 0. The van der Waals surface area contributed by atoms with E-state index in [9.17, 15) is 0 Å². The number of rotatable bonds is 5. The molecule has 0 saturated carbocycles. The van der Waals surface area contributed by atoms with Gasteiger partial charge in [-0.3, -0.25) is 4.68 Å². The Morgan fingerprint density at radius 2 is 2.42 bits per heavy atom. The van der Waals surface area contributed by atoms with Gasteiger partial charge in [0.1, 0.15) is 0 Å². The third kappa shape index (κ3) is 2.92. The maximum Gasteiger partial charge on any atom is 0.153 e. The molecule has 0 saturated heterocycles. The fourth-order valence-electron chi connectivity index (χ4n) is 0.995. The van der Waals surface area contributed by atoms with Gasteiger partial charge in [-0.2, -0.15) is 5.10 Å². The molecule has 68 valence electrons. The van der Waals surface area contributed by atoms with Crippen molar-refractivity contribution in [2.45, 2.75) is 19.4 Å². The van der Waals surface area contributed by atoms with Crippen LogP contribution < -0.4 is 0 Å². The second kappa shape index (κ2) is 4.77. The van der Waals surface area contributed by atoms with E-state index < -0.39 is 0 Å². The normalized spacial score (nSPS) is 10.4. The van der Waals surface area contributed by atoms with E-state index in [1.165, 1.54) is 6.20 Å². The SMILES string of the molecule is COCCCCn1cc(O)cn1. The standard InChI is InChI=1S/C8H14N2O2/c1-12-5-3-2-4-10-7-8(11)6-9-10/h6-7,11H,2-5H2,1H3. The molecule has 12 heavy (non-hydrogen) atoms. The zero-order valence-corrected chi connectivity index (χ0v) is 7.23. The molecular weight excluding hydrogens is 156 g/mol. The molecule has 0 aliphatic heterocycles. The predicted molar refractivity (Wildman–Crippen MR) is 45.0 cm³/mol. The van der Waals surface area contributed by atoms with E-state index in [1.54, 1.807) is 18.0 Å². The molecule has 1 aromatic rings.